The number of rotatable bonds is 5. The van der Waals surface area contributed by atoms with Gasteiger partial charge in [0, 0.05) is 23.4 Å². The minimum absolute atomic E-state index is 0.00326. The van der Waals surface area contributed by atoms with Crippen LogP contribution < -0.4 is 10.1 Å². The average Bonchev–Trinajstić information content (AvgIpc) is 2.44. The molecule has 2 rings (SSSR count). The van der Waals surface area contributed by atoms with E-state index < -0.39 is 0 Å². The molecule has 19 heavy (non-hydrogen) atoms. The first kappa shape index (κ1) is 13.5. The van der Waals surface area contributed by atoms with Crippen LogP contribution in [0.2, 0.25) is 0 Å². The summed E-state index contributed by atoms with van der Waals surface area (Å²) in [5, 5.41) is 2.77. The molecule has 0 aliphatic heterocycles. The summed E-state index contributed by atoms with van der Waals surface area (Å²) >= 11 is 3.34. The second-order valence-corrected chi connectivity index (χ2v) is 4.80. The molecule has 2 aromatic rings. The molecule has 98 valence electrons. The molecule has 1 N–H and O–H groups in total. The average molecular weight is 321 g/mol. The van der Waals surface area contributed by atoms with Gasteiger partial charge >= 0.3 is 0 Å². The molecule has 5 heteroatoms. The zero-order chi connectivity index (χ0) is 13.5. The molecule has 1 amide bonds. The predicted molar refractivity (Wildman–Crippen MR) is 75.7 cm³/mol. The first-order chi connectivity index (χ1) is 9.24. The fourth-order valence-corrected chi connectivity index (χ4v) is 1.84. The molecule has 1 aromatic heterocycles. The smallest absolute Gasteiger partial charge is 0.258 e. The molecule has 0 radical (unpaired) electrons. The van der Waals surface area contributed by atoms with Crippen LogP contribution in [0.3, 0.4) is 0 Å². The highest BCUT2D eigenvalue weighted by atomic mass is 79.9. The fourth-order valence-electron chi connectivity index (χ4n) is 1.46. The standard InChI is InChI=1S/C14H13BrN2O2/c15-12-4-1-5-13(7-12)19-10-14(18)17-9-11-3-2-6-16-8-11/h1-8H,9-10H2,(H,17,18). The maximum absolute atomic E-state index is 11.6. The lowest BCUT2D eigenvalue weighted by molar-refractivity contribution is -0.123. The molecule has 0 fully saturated rings. The largest absolute Gasteiger partial charge is 0.484 e. The Morgan fingerprint density at radius 2 is 2.21 bits per heavy atom. The van der Waals surface area contributed by atoms with Crippen molar-refractivity contribution in [3.8, 4) is 5.75 Å². The molecule has 0 saturated heterocycles. The maximum atomic E-state index is 11.6. The number of halogens is 1. The number of benzene rings is 1. The first-order valence-electron chi connectivity index (χ1n) is 5.78. The van der Waals surface area contributed by atoms with E-state index in [-0.39, 0.29) is 12.5 Å². The second kappa shape index (κ2) is 6.89. The number of ether oxygens (including phenoxy) is 1. The highest BCUT2D eigenvalue weighted by Gasteiger charge is 2.03. The van der Waals surface area contributed by atoms with Crippen LogP contribution >= 0.6 is 15.9 Å². The highest BCUT2D eigenvalue weighted by molar-refractivity contribution is 9.10. The van der Waals surface area contributed by atoms with E-state index in [1.165, 1.54) is 0 Å². The molecule has 0 spiro atoms. The Balaban J connectivity index is 1.76. The Morgan fingerprint density at radius 1 is 1.32 bits per heavy atom. The van der Waals surface area contributed by atoms with Gasteiger partial charge in [0.25, 0.3) is 5.91 Å². The molecule has 0 aliphatic carbocycles. The molecule has 4 nitrogen and oxygen atoms in total. The number of amides is 1. The monoisotopic (exact) mass is 320 g/mol. The van der Waals surface area contributed by atoms with Crippen LogP contribution in [-0.2, 0) is 11.3 Å². The van der Waals surface area contributed by atoms with Crippen molar-refractivity contribution in [3.05, 3.63) is 58.8 Å². The van der Waals surface area contributed by atoms with Crippen molar-refractivity contribution < 1.29 is 9.53 Å². The summed E-state index contributed by atoms with van der Waals surface area (Å²) in [6.45, 7) is 0.450. The Hall–Kier alpha value is -1.88. The summed E-state index contributed by atoms with van der Waals surface area (Å²) in [7, 11) is 0. The van der Waals surface area contributed by atoms with Crippen LogP contribution in [0.25, 0.3) is 0 Å². The number of carbonyl (C=O) groups excluding carboxylic acids is 1. The van der Waals surface area contributed by atoms with Crippen LogP contribution in [0.15, 0.2) is 53.3 Å². The second-order valence-electron chi connectivity index (χ2n) is 3.88. The highest BCUT2D eigenvalue weighted by Crippen LogP contribution is 2.17. The van der Waals surface area contributed by atoms with Gasteiger partial charge in [-0.15, -0.1) is 0 Å². The maximum Gasteiger partial charge on any atom is 0.258 e. The predicted octanol–water partition coefficient (Wildman–Crippen LogP) is 2.54. The van der Waals surface area contributed by atoms with Gasteiger partial charge in [-0.2, -0.15) is 0 Å². The third-order valence-corrected chi connectivity index (χ3v) is 2.87. The summed E-state index contributed by atoms with van der Waals surface area (Å²) in [4.78, 5) is 15.6. The minimum Gasteiger partial charge on any atom is -0.484 e. The van der Waals surface area contributed by atoms with E-state index in [9.17, 15) is 4.79 Å². The summed E-state index contributed by atoms with van der Waals surface area (Å²) in [6, 6.07) is 11.1. The van der Waals surface area contributed by atoms with Gasteiger partial charge < -0.3 is 10.1 Å². The SMILES string of the molecule is O=C(COc1cccc(Br)c1)NCc1cccnc1. The molecular weight excluding hydrogens is 308 g/mol. The van der Waals surface area contributed by atoms with E-state index in [0.717, 1.165) is 10.0 Å². The van der Waals surface area contributed by atoms with Gasteiger partial charge in [0.1, 0.15) is 5.75 Å². The first-order valence-corrected chi connectivity index (χ1v) is 6.57. The molecule has 1 heterocycles. The summed E-state index contributed by atoms with van der Waals surface area (Å²) < 4.78 is 6.30. The molecular formula is C14H13BrN2O2. The minimum atomic E-state index is -0.163. The molecule has 0 atom stereocenters. The van der Waals surface area contributed by atoms with Crippen molar-refractivity contribution >= 4 is 21.8 Å². The van der Waals surface area contributed by atoms with Gasteiger partial charge in [-0.25, -0.2) is 0 Å². The number of hydrogen-bond acceptors (Lipinski definition) is 3. The Labute approximate surface area is 119 Å². The van der Waals surface area contributed by atoms with Gasteiger partial charge in [0.2, 0.25) is 0 Å². The van der Waals surface area contributed by atoms with Gasteiger partial charge in [-0.3, -0.25) is 9.78 Å². The van der Waals surface area contributed by atoms with Crippen molar-refractivity contribution in [2.75, 3.05) is 6.61 Å². The zero-order valence-corrected chi connectivity index (χ0v) is 11.8. The van der Waals surface area contributed by atoms with Crippen LogP contribution in [0.5, 0.6) is 5.75 Å². The molecule has 0 bridgehead atoms. The van der Waals surface area contributed by atoms with E-state index in [2.05, 4.69) is 26.2 Å². The van der Waals surface area contributed by atoms with Crippen molar-refractivity contribution in [2.24, 2.45) is 0 Å². The topological polar surface area (TPSA) is 51.2 Å². The van der Waals surface area contributed by atoms with E-state index in [1.54, 1.807) is 18.5 Å². The number of pyridine rings is 1. The Bertz CT molecular complexity index is 546. The van der Waals surface area contributed by atoms with Crippen LogP contribution in [-0.4, -0.2) is 17.5 Å². The number of nitrogens with one attached hydrogen (secondary N) is 1. The van der Waals surface area contributed by atoms with Gasteiger partial charge in [-0.05, 0) is 29.8 Å². The zero-order valence-electron chi connectivity index (χ0n) is 10.2. The molecule has 0 unspecified atom stereocenters. The molecule has 1 aromatic carbocycles. The van der Waals surface area contributed by atoms with E-state index >= 15 is 0 Å². The molecule has 0 aliphatic rings. The molecule has 0 saturated carbocycles. The van der Waals surface area contributed by atoms with E-state index in [1.807, 2.05) is 30.3 Å². The lowest BCUT2D eigenvalue weighted by Gasteiger charge is -2.07. The number of hydrogen-bond donors (Lipinski definition) is 1. The fraction of sp³-hybridized carbons (Fsp3) is 0.143. The number of aromatic nitrogens is 1. The van der Waals surface area contributed by atoms with Crippen LogP contribution in [0, 0.1) is 0 Å². The van der Waals surface area contributed by atoms with E-state index in [4.69, 9.17) is 4.74 Å². The van der Waals surface area contributed by atoms with Gasteiger partial charge in [-0.1, -0.05) is 28.1 Å². The van der Waals surface area contributed by atoms with Crippen molar-refractivity contribution in [2.45, 2.75) is 6.54 Å². The van der Waals surface area contributed by atoms with Crippen molar-refractivity contribution in [1.29, 1.82) is 0 Å². The van der Waals surface area contributed by atoms with Gasteiger partial charge in [0.05, 0.1) is 0 Å². The number of carbonyl (C=O) groups is 1. The number of nitrogens with zero attached hydrogens (tertiary/aromatic N) is 1. The third-order valence-electron chi connectivity index (χ3n) is 2.38. The van der Waals surface area contributed by atoms with Crippen LogP contribution in [0.1, 0.15) is 5.56 Å². The summed E-state index contributed by atoms with van der Waals surface area (Å²) in [6.07, 6.45) is 3.41. The lowest BCUT2D eigenvalue weighted by atomic mass is 10.3. The van der Waals surface area contributed by atoms with Crippen molar-refractivity contribution in [1.82, 2.24) is 10.3 Å². The van der Waals surface area contributed by atoms with E-state index in [0.29, 0.717) is 12.3 Å². The third kappa shape index (κ3) is 4.71. The van der Waals surface area contributed by atoms with Crippen LogP contribution in [0.4, 0.5) is 0 Å². The Kier molecular flexibility index (Phi) is 4.92. The quantitative estimate of drug-likeness (QED) is 0.921. The van der Waals surface area contributed by atoms with Crippen molar-refractivity contribution in [3.63, 3.8) is 0 Å². The summed E-state index contributed by atoms with van der Waals surface area (Å²) in [5.74, 6) is 0.495. The summed E-state index contributed by atoms with van der Waals surface area (Å²) in [5.41, 5.74) is 0.957. The lowest BCUT2D eigenvalue weighted by Crippen LogP contribution is -2.28. The Morgan fingerprint density at radius 3 is 2.95 bits per heavy atom. The van der Waals surface area contributed by atoms with Gasteiger partial charge in [0.15, 0.2) is 6.61 Å². The normalized spacial score (nSPS) is 9.95.